The number of nitro benzene ring substituents is 1. The summed E-state index contributed by atoms with van der Waals surface area (Å²) in [6.45, 7) is -0.328. The molecule has 2 aromatic rings. The van der Waals surface area contributed by atoms with Gasteiger partial charge in [0.2, 0.25) is 5.91 Å². The van der Waals surface area contributed by atoms with Crippen LogP contribution in [0.4, 0.5) is 24.5 Å². The molecule has 29 heavy (non-hydrogen) atoms. The van der Waals surface area contributed by atoms with Crippen molar-refractivity contribution in [1.29, 1.82) is 0 Å². The van der Waals surface area contributed by atoms with Crippen LogP contribution < -0.4 is 5.32 Å². The minimum absolute atomic E-state index is 0.0149. The summed E-state index contributed by atoms with van der Waals surface area (Å²) in [6, 6.07) is 7.26. The number of hydrogen-bond acceptors (Lipinski definition) is 5. The first kappa shape index (κ1) is 20.0. The predicted octanol–water partition coefficient (Wildman–Crippen LogP) is 3.24. The zero-order chi connectivity index (χ0) is 21.3. The van der Waals surface area contributed by atoms with Gasteiger partial charge in [0.1, 0.15) is 0 Å². The van der Waals surface area contributed by atoms with Crippen LogP contribution in [0.25, 0.3) is 0 Å². The number of halogens is 3. The molecular formula is C18H12F3N3O5. The van der Waals surface area contributed by atoms with E-state index in [1.54, 1.807) is 0 Å². The summed E-state index contributed by atoms with van der Waals surface area (Å²) in [4.78, 5) is 47.5. The van der Waals surface area contributed by atoms with Gasteiger partial charge in [-0.2, -0.15) is 13.2 Å². The van der Waals surface area contributed by atoms with E-state index in [0.29, 0.717) is 0 Å². The van der Waals surface area contributed by atoms with Gasteiger partial charge in [0.05, 0.1) is 21.6 Å². The Bertz CT molecular complexity index is 1040. The number of benzene rings is 2. The monoisotopic (exact) mass is 407 g/mol. The van der Waals surface area contributed by atoms with Crippen molar-refractivity contribution in [1.82, 2.24) is 4.90 Å². The van der Waals surface area contributed by atoms with Crippen molar-refractivity contribution < 1.29 is 32.5 Å². The molecule has 150 valence electrons. The van der Waals surface area contributed by atoms with Gasteiger partial charge in [-0.25, -0.2) is 0 Å². The third-order valence-electron chi connectivity index (χ3n) is 4.20. The molecule has 0 radical (unpaired) electrons. The second-order valence-electron chi connectivity index (χ2n) is 6.13. The number of carbonyl (C=O) groups is 3. The van der Waals surface area contributed by atoms with Crippen molar-refractivity contribution in [3.05, 3.63) is 69.3 Å². The first-order valence-electron chi connectivity index (χ1n) is 8.19. The predicted molar refractivity (Wildman–Crippen MR) is 93.2 cm³/mol. The smallest absolute Gasteiger partial charge is 0.326 e. The number of nitrogens with zero attached hydrogens (tertiary/aromatic N) is 2. The zero-order valence-electron chi connectivity index (χ0n) is 14.5. The van der Waals surface area contributed by atoms with Crippen LogP contribution >= 0.6 is 0 Å². The average Bonchev–Trinajstić information content (AvgIpc) is 2.89. The van der Waals surface area contributed by atoms with E-state index < -0.39 is 34.4 Å². The number of amides is 3. The molecule has 0 fully saturated rings. The molecule has 1 heterocycles. The van der Waals surface area contributed by atoms with Crippen molar-refractivity contribution >= 4 is 29.1 Å². The maximum absolute atomic E-state index is 12.7. The Balaban J connectivity index is 1.66. The Labute approximate surface area is 161 Å². The molecule has 1 aliphatic heterocycles. The first-order valence-corrected chi connectivity index (χ1v) is 8.19. The van der Waals surface area contributed by atoms with Gasteiger partial charge in [-0.3, -0.25) is 29.4 Å². The summed E-state index contributed by atoms with van der Waals surface area (Å²) in [7, 11) is 0. The van der Waals surface area contributed by atoms with E-state index in [2.05, 4.69) is 5.32 Å². The summed E-state index contributed by atoms with van der Waals surface area (Å²) < 4.78 is 38.1. The van der Waals surface area contributed by atoms with Gasteiger partial charge in [-0.05, 0) is 24.3 Å². The molecule has 3 rings (SSSR count). The summed E-state index contributed by atoms with van der Waals surface area (Å²) in [5.41, 5.74) is -1.52. The lowest BCUT2D eigenvalue weighted by Crippen LogP contribution is -2.32. The first-order chi connectivity index (χ1) is 13.6. The van der Waals surface area contributed by atoms with Gasteiger partial charge >= 0.3 is 6.18 Å². The second kappa shape index (κ2) is 7.34. The molecule has 0 spiro atoms. The minimum Gasteiger partial charge on any atom is -0.326 e. The van der Waals surface area contributed by atoms with Crippen molar-refractivity contribution in [2.45, 2.75) is 12.6 Å². The Kier molecular flexibility index (Phi) is 5.06. The number of imide groups is 1. The fourth-order valence-electron chi connectivity index (χ4n) is 2.81. The number of fused-ring (bicyclic) bond motifs is 1. The van der Waals surface area contributed by atoms with E-state index in [4.69, 9.17) is 0 Å². The molecule has 0 unspecified atom stereocenters. The minimum atomic E-state index is -4.57. The molecular weight excluding hydrogens is 395 g/mol. The highest BCUT2D eigenvalue weighted by molar-refractivity contribution is 6.21. The molecule has 2 aromatic carbocycles. The quantitative estimate of drug-likeness (QED) is 0.465. The maximum Gasteiger partial charge on any atom is 0.416 e. The van der Waals surface area contributed by atoms with Gasteiger partial charge in [0, 0.05) is 30.8 Å². The van der Waals surface area contributed by atoms with Crippen molar-refractivity contribution in [3.8, 4) is 0 Å². The number of rotatable bonds is 5. The number of nitro groups is 1. The summed E-state index contributed by atoms with van der Waals surface area (Å²) in [6.07, 6.45) is -4.92. The van der Waals surface area contributed by atoms with Gasteiger partial charge in [0.25, 0.3) is 17.5 Å². The average molecular weight is 407 g/mol. The Morgan fingerprint density at radius 1 is 1.07 bits per heavy atom. The van der Waals surface area contributed by atoms with E-state index in [1.807, 2.05) is 0 Å². The van der Waals surface area contributed by atoms with Crippen LogP contribution in [-0.4, -0.2) is 34.1 Å². The fourth-order valence-corrected chi connectivity index (χ4v) is 2.81. The van der Waals surface area contributed by atoms with Crippen LogP contribution in [0, 0.1) is 10.1 Å². The van der Waals surface area contributed by atoms with Crippen molar-refractivity contribution in [2.24, 2.45) is 0 Å². The molecule has 11 heteroatoms. The van der Waals surface area contributed by atoms with E-state index in [9.17, 15) is 37.7 Å². The lowest BCUT2D eigenvalue weighted by Gasteiger charge is -2.14. The van der Waals surface area contributed by atoms with Crippen LogP contribution in [0.1, 0.15) is 32.7 Å². The zero-order valence-corrected chi connectivity index (χ0v) is 14.5. The van der Waals surface area contributed by atoms with E-state index >= 15 is 0 Å². The SMILES string of the molecule is O=C(CCN1C(=O)c2ccc([N+](=O)[O-])cc2C1=O)Nc1cccc(C(F)(F)F)c1. The number of alkyl halides is 3. The van der Waals surface area contributed by atoms with Crippen molar-refractivity contribution in [3.63, 3.8) is 0 Å². The number of carbonyl (C=O) groups excluding carboxylic acids is 3. The van der Waals surface area contributed by atoms with Crippen LogP contribution in [0.3, 0.4) is 0 Å². The molecule has 0 saturated heterocycles. The van der Waals surface area contributed by atoms with Gasteiger partial charge < -0.3 is 5.32 Å². The number of anilines is 1. The highest BCUT2D eigenvalue weighted by atomic mass is 19.4. The van der Waals surface area contributed by atoms with Gasteiger partial charge in [-0.15, -0.1) is 0 Å². The van der Waals surface area contributed by atoms with Crippen LogP contribution in [0.5, 0.6) is 0 Å². The standard InChI is InChI=1S/C18H12F3N3O5/c19-18(20,21)10-2-1-3-11(8-10)22-15(25)6-7-23-16(26)13-5-4-12(24(28)29)9-14(13)17(23)27/h1-5,8-9H,6-7H2,(H,22,25). The molecule has 8 nitrogen and oxygen atoms in total. The summed E-state index contributed by atoms with van der Waals surface area (Å²) >= 11 is 0. The molecule has 0 aliphatic carbocycles. The molecule has 0 aromatic heterocycles. The third kappa shape index (κ3) is 4.08. The lowest BCUT2D eigenvalue weighted by molar-refractivity contribution is -0.384. The fraction of sp³-hybridized carbons (Fsp3) is 0.167. The number of nitrogens with one attached hydrogen (secondary N) is 1. The highest BCUT2D eigenvalue weighted by Crippen LogP contribution is 2.31. The largest absolute Gasteiger partial charge is 0.416 e. The summed E-state index contributed by atoms with van der Waals surface area (Å²) in [5, 5.41) is 13.1. The van der Waals surface area contributed by atoms with Gasteiger partial charge in [-0.1, -0.05) is 6.07 Å². The topological polar surface area (TPSA) is 110 Å². The molecule has 1 aliphatic rings. The molecule has 1 N–H and O–H groups in total. The second-order valence-corrected chi connectivity index (χ2v) is 6.13. The molecule has 0 saturated carbocycles. The Morgan fingerprint density at radius 2 is 1.76 bits per heavy atom. The Morgan fingerprint density at radius 3 is 2.41 bits per heavy atom. The number of hydrogen-bond donors (Lipinski definition) is 1. The number of non-ortho nitro benzene ring substituents is 1. The molecule has 0 atom stereocenters. The van der Waals surface area contributed by atoms with E-state index in [1.165, 1.54) is 6.07 Å². The van der Waals surface area contributed by atoms with Crippen LogP contribution in [-0.2, 0) is 11.0 Å². The summed E-state index contributed by atoms with van der Waals surface area (Å²) in [5.74, 6) is -2.18. The van der Waals surface area contributed by atoms with Crippen molar-refractivity contribution in [2.75, 3.05) is 11.9 Å². The van der Waals surface area contributed by atoms with Gasteiger partial charge in [0.15, 0.2) is 0 Å². The van der Waals surface area contributed by atoms with Crippen LogP contribution in [0.2, 0.25) is 0 Å². The van der Waals surface area contributed by atoms with E-state index in [0.717, 1.165) is 41.3 Å². The maximum atomic E-state index is 12.7. The molecule has 0 bridgehead atoms. The Hall–Kier alpha value is -3.76. The third-order valence-corrected chi connectivity index (χ3v) is 4.20. The van der Waals surface area contributed by atoms with E-state index in [-0.39, 0.29) is 35.5 Å². The normalized spacial score (nSPS) is 13.4. The van der Waals surface area contributed by atoms with Crippen LogP contribution in [0.15, 0.2) is 42.5 Å². The highest BCUT2D eigenvalue weighted by Gasteiger charge is 2.36. The molecule has 3 amide bonds. The lowest BCUT2D eigenvalue weighted by atomic mass is 10.1.